The van der Waals surface area contributed by atoms with E-state index in [-0.39, 0.29) is 11.9 Å². The summed E-state index contributed by atoms with van der Waals surface area (Å²) >= 11 is 2.89. The molecule has 8 nitrogen and oxygen atoms in total. The number of benzene rings is 1. The molecule has 0 bridgehead atoms. The monoisotopic (exact) mass is 440 g/mol. The minimum atomic E-state index is -0.0838. The van der Waals surface area contributed by atoms with E-state index >= 15 is 0 Å². The minimum Gasteiger partial charge on any atom is -0.411 e. The van der Waals surface area contributed by atoms with E-state index in [4.69, 9.17) is 4.42 Å². The van der Waals surface area contributed by atoms with Gasteiger partial charge in [-0.25, -0.2) is 9.97 Å². The topological polar surface area (TPSA) is 88.2 Å². The zero-order valence-electron chi connectivity index (χ0n) is 16.6. The van der Waals surface area contributed by atoms with E-state index in [1.165, 1.54) is 23.5 Å². The SMILES string of the molecule is CSc1ncc2c(n1)N1CCC[C@H]1CN(c1cccc(-c3nnc(SC)o3)c1)C2=O. The van der Waals surface area contributed by atoms with Crippen molar-refractivity contribution >= 4 is 40.9 Å². The van der Waals surface area contributed by atoms with Crippen LogP contribution in [0.5, 0.6) is 0 Å². The average Bonchev–Trinajstić information content (AvgIpc) is 3.44. The summed E-state index contributed by atoms with van der Waals surface area (Å²) in [5.41, 5.74) is 2.13. The standard InChI is InChI=1S/C20H20N6O2S2/c1-29-19-21-10-15-16(22-19)25-8-4-7-14(25)11-26(18(15)27)13-6-3-5-12(9-13)17-23-24-20(28-17)30-2/h3,5-6,9-10,14H,4,7-8,11H2,1-2H3/t14-/m0/s1. The zero-order chi connectivity index (χ0) is 20.7. The van der Waals surface area contributed by atoms with Crippen molar-refractivity contribution in [3.05, 3.63) is 36.0 Å². The van der Waals surface area contributed by atoms with Crippen molar-refractivity contribution < 1.29 is 9.21 Å². The Kier molecular flexibility index (Phi) is 5.11. The fourth-order valence-corrected chi connectivity index (χ4v) is 4.63. The lowest BCUT2D eigenvalue weighted by Gasteiger charge is -2.27. The van der Waals surface area contributed by atoms with E-state index in [0.29, 0.717) is 28.4 Å². The third kappa shape index (κ3) is 3.33. The molecule has 3 aromatic rings. The van der Waals surface area contributed by atoms with E-state index < -0.39 is 0 Å². The second-order valence-electron chi connectivity index (χ2n) is 7.13. The number of carbonyl (C=O) groups excluding carboxylic acids is 1. The van der Waals surface area contributed by atoms with Gasteiger partial charge in [-0.1, -0.05) is 29.6 Å². The van der Waals surface area contributed by atoms with Crippen LogP contribution in [0.2, 0.25) is 0 Å². The van der Waals surface area contributed by atoms with Gasteiger partial charge in [-0.15, -0.1) is 10.2 Å². The van der Waals surface area contributed by atoms with Gasteiger partial charge in [0.2, 0.25) is 5.89 Å². The summed E-state index contributed by atoms with van der Waals surface area (Å²) in [5.74, 6) is 1.11. The highest BCUT2D eigenvalue weighted by Gasteiger charge is 2.37. The Morgan fingerprint density at radius 1 is 1.20 bits per heavy atom. The van der Waals surface area contributed by atoms with Crippen LogP contribution in [0.25, 0.3) is 11.5 Å². The Hall–Kier alpha value is -2.59. The molecule has 0 aliphatic carbocycles. The number of aromatic nitrogens is 4. The molecule has 10 heteroatoms. The molecule has 2 aliphatic heterocycles. The van der Waals surface area contributed by atoms with Crippen molar-refractivity contribution in [2.75, 3.05) is 35.4 Å². The predicted octanol–water partition coefficient (Wildman–Crippen LogP) is 3.60. The number of amides is 1. The molecule has 0 unspecified atom stereocenters. The Balaban J connectivity index is 1.56. The molecular formula is C20H20N6O2S2. The molecule has 5 rings (SSSR count). The lowest BCUT2D eigenvalue weighted by molar-refractivity contribution is 0.0988. The summed E-state index contributed by atoms with van der Waals surface area (Å²) in [4.78, 5) is 26.7. The number of nitrogens with zero attached hydrogens (tertiary/aromatic N) is 6. The number of fused-ring (bicyclic) bond motifs is 3. The van der Waals surface area contributed by atoms with Gasteiger partial charge in [0.05, 0.1) is 0 Å². The summed E-state index contributed by atoms with van der Waals surface area (Å²) in [6.45, 7) is 1.51. The van der Waals surface area contributed by atoms with Gasteiger partial charge >= 0.3 is 0 Å². The largest absolute Gasteiger partial charge is 0.411 e. The zero-order valence-corrected chi connectivity index (χ0v) is 18.2. The molecule has 30 heavy (non-hydrogen) atoms. The molecule has 0 N–H and O–H groups in total. The first-order valence-electron chi connectivity index (χ1n) is 9.65. The third-order valence-corrected chi connectivity index (χ3v) is 6.51. The Morgan fingerprint density at radius 3 is 2.90 bits per heavy atom. The molecule has 1 fully saturated rings. The first-order chi connectivity index (χ1) is 14.7. The van der Waals surface area contributed by atoms with Gasteiger partial charge in [-0.2, -0.15) is 0 Å². The molecule has 2 aliphatic rings. The summed E-state index contributed by atoms with van der Waals surface area (Å²) in [5, 5.41) is 9.33. The number of thioether (sulfide) groups is 2. The normalized spacial score (nSPS) is 18.3. The first kappa shape index (κ1) is 19.4. The van der Waals surface area contributed by atoms with Crippen LogP contribution >= 0.6 is 23.5 Å². The second kappa shape index (κ2) is 7.92. The number of carbonyl (C=O) groups is 1. The Bertz CT molecular complexity index is 1100. The lowest BCUT2D eigenvalue weighted by Crippen LogP contribution is -2.39. The molecule has 1 amide bonds. The smallest absolute Gasteiger partial charge is 0.276 e. The van der Waals surface area contributed by atoms with Crippen LogP contribution in [-0.4, -0.2) is 57.7 Å². The number of rotatable bonds is 4. The Morgan fingerprint density at radius 2 is 2.10 bits per heavy atom. The highest BCUT2D eigenvalue weighted by atomic mass is 32.2. The summed E-state index contributed by atoms with van der Waals surface area (Å²) in [6.07, 6.45) is 7.61. The molecule has 154 valence electrons. The second-order valence-corrected chi connectivity index (χ2v) is 8.66. The maximum absolute atomic E-state index is 13.5. The van der Waals surface area contributed by atoms with Crippen molar-refractivity contribution in [1.29, 1.82) is 0 Å². The van der Waals surface area contributed by atoms with Crippen LogP contribution in [0.15, 0.2) is 45.3 Å². The van der Waals surface area contributed by atoms with Crippen molar-refractivity contribution in [3.8, 4) is 11.5 Å². The van der Waals surface area contributed by atoms with Gasteiger partial charge in [0.25, 0.3) is 11.1 Å². The van der Waals surface area contributed by atoms with Gasteiger partial charge in [0.15, 0.2) is 5.16 Å². The van der Waals surface area contributed by atoms with Crippen LogP contribution < -0.4 is 9.80 Å². The van der Waals surface area contributed by atoms with Crippen molar-refractivity contribution in [2.24, 2.45) is 0 Å². The quantitative estimate of drug-likeness (QED) is 0.446. The van der Waals surface area contributed by atoms with Crippen LogP contribution in [0.1, 0.15) is 23.2 Å². The van der Waals surface area contributed by atoms with E-state index in [2.05, 4.69) is 25.1 Å². The van der Waals surface area contributed by atoms with Crippen LogP contribution in [-0.2, 0) is 0 Å². The molecule has 1 atom stereocenters. The minimum absolute atomic E-state index is 0.0838. The van der Waals surface area contributed by atoms with Crippen molar-refractivity contribution in [3.63, 3.8) is 0 Å². The molecule has 2 aromatic heterocycles. The summed E-state index contributed by atoms with van der Waals surface area (Å²) < 4.78 is 5.67. The Labute approximate surface area is 182 Å². The molecule has 1 saturated heterocycles. The molecule has 1 aromatic carbocycles. The first-order valence-corrected chi connectivity index (χ1v) is 12.1. The fourth-order valence-electron chi connectivity index (χ4n) is 4.01. The van der Waals surface area contributed by atoms with Gasteiger partial charge in [0.1, 0.15) is 11.4 Å². The van der Waals surface area contributed by atoms with Gasteiger partial charge in [-0.05, 0) is 43.6 Å². The van der Waals surface area contributed by atoms with Crippen LogP contribution in [0.4, 0.5) is 11.5 Å². The van der Waals surface area contributed by atoms with Gasteiger partial charge < -0.3 is 14.2 Å². The number of anilines is 2. The molecule has 0 saturated carbocycles. The van der Waals surface area contributed by atoms with Crippen molar-refractivity contribution in [1.82, 2.24) is 20.2 Å². The predicted molar refractivity (Wildman–Crippen MR) is 117 cm³/mol. The van der Waals surface area contributed by atoms with E-state index in [1.54, 1.807) is 6.20 Å². The fraction of sp³-hybridized carbons (Fsp3) is 0.350. The maximum atomic E-state index is 13.5. The highest BCUT2D eigenvalue weighted by molar-refractivity contribution is 7.98. The molecule has 0 radical (unpaired) electrons. The van der Waals surface area contributed by atoms with E-state index in [9.17, 15) is 4.79 Å². The average molecular weight is 441 g/mol. The lowest BCUT2D eigenvalue weighted by atomic mass is 10.1. The summed E-state index contributed by atoms with van der Waals surface area (Å²) in [7, 11) is 0. The third-order valence-electron chi connectivity index (χ3n) is 5.43. The van der Waals surface area contributed by atoms with Crippen molar-refractivity contribution in [2.45, 2.75) is 29.3 Å². The molecule has 4 heterocycles. The van der Waals surface area contributed by atoms with Crippen LogP contribution in [0, 0.1) is 0 Å². The van der Waals surface area contributed by atoms with Crippen LogP contribution in [0.3, 0.4) is 0 Å². The van der Waals surface area contributed by atoms with Gasteiger partial charge in [-0.3, -0.25) is 4.79 Å². The van der Waals surface area contributed by atoms with Gasteiger partial charge in [0, 0.05) is 36.6 Å². The molecule has 0 spiro atoms. The maximum Gasteiger partial charge on any atom is 0.276 e. The number of hydrogen-bond donors (Lipinski definition) is 0. The van der Waals surface area contributed by atoms with E-state index in [0.717, 1.165) is 36.5 Å². The molecular weight excluding hydrogens is 420 g/mol. The summed E-state index contributed by atoms with van der Waals surface area (Å²) in [6, 6.07) is 7.92. The number of hydrogen-bond acceptors (Lipinski definition) is 9. The highest BCUT2D eigenvalue weighted by Crippen LogP contribution is 2.35. The van der Waals surface area contributed by atoms with E-state index in [1.807, 2.05) is 41.7 Å².